The van der Waals surface area contributed by atoms with Crippen LogP contribution in [0.25, 0.3) is 0 Å². The largest absolute Gasteiger partial charge is 0.374 e. The number of rotatable bonds is 13. The maximum Gasteiger partial charge on any atom is 0.0640 e. The summed E-state index contributed by atoms with van der Waals surface area (Å²) in [5.41, 5.74) is 4.39. The summed E-state index contributed by atoms with van der Waals surface area (Å²) in [6.45, 7) is 3.06. The zero-order chi connectivity index (χ0) is 23.0. The molecule has 0 saturated carbocycles. The van der Waals surface area contributed by atoms with Gasteiger partial charge in [-0.3, -0.25) is 9.98 Å². The molecule has 2 aromatic carbocycles. The molecule has 2 rings (SSSR count). The van der Waals surface area contributed by atoms with Gasteiger partial charge in [0.2, 0.25) is 0 Å². The Morgan fingerprint density at radius 3 is 1.41 bits per heavy atom. The number of unbranched alkanes of at least 4 members (excludes halogenated alkanes) is 1. The second-order valence-electron chi connectivity index (χ2n) is 7.62. The second kappa shape index (κ2) is 14.4. The van der Waals surface area contributed by atoms with Crippen molar-refractivity contribution in [2.75, 3.05) is 50.1 Å². The maximum atomic E-state index is 8.68. The lowest BCUT2D eigenvalue weighted by Crippen LogP contribution is -2.17. The fourth-order valence-electron chi connectivity index (χ4n) is 3.07. The molecule has 6 heteroatoms. The van der Waals surface area contributed by atoms with Gasteiger partial charge in [-0.15, -0.1) is 0 Å². The third-order valence-corrected chi connectivity index (χ3v) is 5.09. The highest BCUT2D eigenvalue weighted by Gasteiger charge is 2.00. The molecule has 0 aromatic heterocycles. The Morgan fingerprint density at radius 2 is 1.06 bits per heavy atom. The van der Waals surface area contributed by atoms with Crippen LogP contribution in [0.2, 0.25) is 0 Å². The molecule has 0 N–H and O–H groups in total. The zero-order valence-corrected chi connectivity index (χ0v) is 19.1. The van der Waals surface area contributed by atoms with Gasteiger partial charge in [0.05, 0.1) is 25.0 Å². The fourth-order valence-corrected chi connectivity index (χ4v) is 3.07. The van der Waals surface area contributed by atoms with Crippen molar-refractivity contribution in [1.82, 2.24) is 0 Å². The van der Waals surface area contributed by atoms with E-state index in [4.69, 9.17) is 10.5 Å². The Labute approximate surface area is 192 Å². The van der Waals surface area contributed by atoms with Crippen molar-refractivity contribution in [3.8, 4) is 12.1 Å². The minimum Gasteiger partial charge on any atom is -0.374 e. The predicted molar refractivity (Wildman–Crippen MR) is 134 cm³/mol. The van der Waals surface area contributed by atoms with Crippen molar-refractivity contribution in [2.45, 2.75) is 25.7 Å². The fraction of sp³-hybridized carbons (Fsp3) is 0.385. The van der Waals surface area contributed by atoms with Crippen LogP contribution >= 0.6 is 0 Å². The van der Waals surface area contributed by atoms with E-state index >= 15 is 0 Å². The van der Waals surface area contributed by atoms with Gasteiger partial charge < -0.3 is 9.80 Å². The van der Waals surface area contributed by atoms with Crippen molar-refractivity contribution in [2.24, 2.45) is 9.98 Å². The van der Waals surface area contributed by atoms with Gasteiger partial charge in [0.25, 0.3) is 0 Å². The molecule has 0 radical (unpaired) electrons. The quantitative estimate of drug-likeness (QED) is 0.342. The van der Waals surface area contributed by atoms with Crippen LogP contribution in [0, 0.1) is 22.7 Å². The minimum absolute atomic E-state index is 0.526. The molecule has 0 spiro atoms. The summed E-state index contributed by atoms with van der Waals surface area (Å²) >= 11 is 0. The highest BCUT2D eigenvalue weighted by Crippen LogP contribution is 2.14. The standard InChI is InChI=1S/C26H32N6/c1-31(19-5-15-27)25-11-7-23(8-12-25)21-29-17-3-4-18-30-22-24-9-13-26(14-10-24)32(2)20-6-16-28/h7-14,21-22H,3-6,17-20H2,1-2H3/b29-21+,30-22+. The first kappa shape index (κ1) is 24.6. The number of benzene rings is 2. The topological polar surface area (TPSA) is 78.8 Å². The van der Waals surface area contributed by atoms with Gasteiger partial charge in [-0.05, 0) is 48.2 Å². The summed E-state index contributed by atoms with van der Waals surface area (Å²) in [7, 11) is 3.99. The Bertz CT molecular complexity index is 853. The van der Waals surface area contributed by atoms with Crippen LogP contribution in [-0.4, -0.2) is 52.7 Å². The number of nitriles is 2. The molecule has 166 valence electrons. The molecule has 0 aliphatic heterocycles. The Kier molecular flexibility index (Phi) is 11.1. The molecule has 32 heavy (non-hydrogen) atoms. The molecule has 0 amide bonds. The molecule has 2 aromatic rings. The van der Waals surface area contributed by atoms with E-state index in [0.717, 1.165) is 61.5 Å². The van der Waals surface area contributed by atoms with E-state index in [9.17, 15) is 0 Å². The van der Waals surface area contributed by atoms with E-state index < -0.39 is 0 Å². The van der Waals surface area contributed by atoms with Crippen LogP contribution in [0.4, 0.5) is 11.4 Å². The van der Waals surface area contributed by atoms with Gasteiger partial charge in [-0.2, -0.15) is 10.5 Å². The van der Waals surface area contributed by atoms with Crippen molar-refractivity contribution in [3.63, 3.8) is 0 Å². The number of hydrogen-bond acceptors (Lipinski definition) is 6. The summed E-state index contributed by atoms with van der Waals surface area (Å²) in [5.74, 6) is 0. The van der Waals surface area contributed by atoms with E-state index in [2.05, 4.69) is 80.5 Å². The van der Waals surface area contributed by atoms with Crippen LogP contribution in [0.1, 0.15) is 36.8 Å². The van der Waals surface area contributed by atoms with Gasteiger partial charge in [-0.25, -0.2) is 0 Å². The lowest BCUT2D eigenvalue weighted by Gasteiger charge is -2.17. The van der Waals surface area contributed by atoms with Crippen LogP contribution in [0.3, 0.4) is 0 Å². The van der Waals surface area contributed by atoms with Gasteiger partial charge in [0.15, 0.2) is 0 Å². The normalized spacial score (nSPS) is 10.9. The highest BCUT2D eigenvalue weighted by molar-refractivity contribution is 5.80. The molecule has 6 nitrogen and oxygen atoms in total. The Hall–Kier alpha value is -3.64. The predicted octanol–water partition coefficient (Wildman–Crippen LogP) is 4.70. The molecule has 0 heterocycles. The van der Waals surface area contributed by atoms with Crippen molar-refractivity contribution in [3.05, 3.63) is 59.7 Å². The highest BCUT2D eigenvalue weighted by atomic mass is 15.1. The number of aliphatic imine (C=N–C) groups is 2. The van der Waals surface area contributed by atoms with Crippen LogP contribution in [0.15, 0.2) is 58.5 Å². The van der Waals surface area contributed by atoms with Gasteiger partial charge in [0.1, 0.15) is 0 Å². The van der Waals surface area contributed by atoms with E-state index in [0.29, 0.717) is 12.8 Å². The van der Waals surface area contributed by atoms with E-state index in [1.54, 1.807) is 0 Å². The molecule has 0 aliphatic rings. The average molecular weight is 429 g/mol. The zero-order valence-electron chi connectivity index (χ0n) is 19.1. The maximum absolute atomic E-state index is 8.68. The third kappa shape index (κ3) is 9.02. The molecule has 0 fully saturated rings. The molecule has 0 saturated heterocycles. The minimum atomic E-state index is 0.526. The number of anilines is 2. The lowest BCUT2D eigenvalue weighted by atomic mass is 10.2. The summed E-state index contributed by atoms with van der Waals surface area (Å²) in [5, 5.41) is 17.4. The molecular weight excluding hydrogens is 396 g/mol. The number of hydrogen-bond donors (Lipinski definition) is 0. The summed E-state index contributed by atoms with van der Waals surface area (Å²) in [6, 6.07) is 20.8. The van der Waals surface area contributed by atoms with E-state index in [-0.39, 0.29) is 0 Å². The van der Waals surface area contributed by atoms with Crippen LogP contribution < -0.4 is 9.80 Å². The van der Waals surface area contributed by atoms with E-state index in [1.807, 2.05) is 26.5 Å². The third-order valence-electron chi connectivity index (χ3n) is 5.09. The lowest BCUT2D eigenvalue weighted by molar-refractivity contribution is 0.760. The van der Waals surface area contributed by atoms with Gasteiger partial charge in [0, 0.05) is 64.1 Å². The van der Waals surface area contributed by atoms with Crippen molar-refractivity contribution in [1.29, 1.82) is 10.5 Å². The molecule has 0 bridgehead atoms. The van der Waals surface area contributed by atoms with E-state index in [1.165, 1.54) is 0 Å². The monoisotopic (exact) mass is 428 g/mol. The average Bonchev–Trinajstić information content (AvgIpc) is 2.83. The first-order valence-electron chi connectivity index (χ1n) is 11.0. The van der Waals surface area contributed by atoms with Crippen molar-refractivity contribution < 1.29 is 0 Å². The van der Waals surface area contributed by atoms with Crippen LogP contribution in [0.5, 0.6) is 0 Å². The SMILES string of the molecule is CN(CCC#N)c1ccc(/C=N/CCCC/N=C/c2ccc(N(C)CCC#N)cc2)cc1. The molecule has 0 unspecified atom stereocenters. The first-order chi connectivity index (χ1) is 15.6. The molecular formula is C26H32N6. The Morgan fingerprint density at radius 1 is 0.688 bits per heavy atom. The van der Waals surface area contributed by atoms with Gasteiger partial charge >= 0.3 is 0 Å². The van der Waals surface area contributed by atoms with Crippen LogP contribution in [-0.2, 0) is 0 Å². The molecule has 0 aliphatic carbocycles. The first-order valence-corrected chi connectivity index (χ1v) is 11.0. The smallest absolute Gasteiger partial charge is 0.0640 e. The summed E-state index contributed by atoms with van der Waals surface area (Å²) < 4.78 is 0. The van der Waals surface area contributed by atoms with Crippen molar-refractivity contribution >= 4 is 23.8 Å². The van der Waals surface area contributed by atoms with Gasteiger partial charge in [-0.1, -0.05) is 24.3 Å². The number of nitrogens with zero attached hydrogens (tertiary/aromatic N) is 6. The Balaban J connectivity index is 1.64. The second-order valence-corrected chi connectivity index (χ2v) is 7.62. The summed E-state index contributed by atoms with van der Waals surface area (Å²) in [4.78, 5) is 13.2. The molecule has 0 atom stereocenters. The summed E-state index contributed by atoms with van der Waals surface area (Å²) in [6.07, 6.45) is 6.89.